The van der Waals surface area contributed by atoms with E-state index < -0.39 is 11.5 Å². The van der Waals surface area contributed by atoms with Gasteiger partial charge < -0.3 is 25.6 Å². The predicted molar refractivity (Wildman–Crippen MR) is 121 cm³/mol. The molecule has 1 aromatic carbocycles. The minimum Gasteiger partial charge on any atom is -0.483 e. The second-order valence-corrected chi connectivity index (χ2v) is 10.5. The van der Waals surface area contributed by atoms with Gasteiger partial charge in [-0.05, 0) is 50.3 Å². The van der Waals surface area contributed by atoms with Crippen LogP contribution in [0.25, 0.3) is 0 Å². The predicted octanol–water partition coefficient (Wildman–Crippen LogP) is 1.94. The molecular formula is C24H39N3O4. The van der Waals surface area contributed by atoms with Gasteiger partial charge in [0.1, 0.15) is 11.4 Å². The molecule has 1 spiro atoms. The van der Waals surface area contributed by atoms with Gasteiger partial charge in [0, 0.05) is 31.2 Å². The standard InChI is InChI=1S/C24H39N3O4/c1-22(2,3)18-6-7-19(30-15-21(25)28)17(12-18)14-27-10-8-24(9-11-27)13-20(26-5)23(4,29)16-31-24/h6-7,12,20,26,29H,8-11,13-16H2,1-5H3,(H2,25,28)/t20-,23-/m0/s1. The highest BCUT2D eigenvalue weighted by Crippen LogP contribution is 2.39. The highest BCUT2D eigenvalue weighted by atomic mass is 16.5. The lowest BCUT2D eigenvalue weighted by atomic mass is 9.77. The lowest BCUT2D eigenvalue weighted by Gasteiger charge is -2.50. The van der Waals surface area contributed by atoms with Crippen molar-refractivity contribution in [3.8, 4) is 5.75 Å². The van der Waals surface area contributed by atoms with Gasteiger partial charge in [0.05, 0.1) is 12.2 Å². The zero-order chi connectivity index (χ0) is 22.9. The van der Waals surface area contributed by atoms with Crippen molar-refractivity contribution >= 4 is 5.91 Å². The van der Waals surface area contributed by atoms with Crippen LogP contribution in [0.15, 0.2) is 18.2 Å². The van der Waals surface area contributed by atoms with Gasteiger partial charge in [0.25, 0.3) is 5.91 Å². The topological polar surface area (TPSA) is 97.1 Å². The highest BCUT2D eigenvalue weighted by molar-refractivity contribution is 5.75. The van der Waals surface area contributed by atoms with E-state index in [1.807, 2.05) is 20.0 Å². The Morgan fingerprint density at radius 3 is 2.61 bits per heavy atom. The van der Waals surface area contributed by atoms with Crippen LogP contribution in [0.2, 0.25) is 0 Å². The summed E-state index contributed by atoms with van der Waals surface area (Å²) in [5.74, 6) is 0.238. The number of nitrogens with one attached hydrogen (secondary N) is 1. The number of amides is 1. The molecule has 0 radical (unpaired) electrons. The molecule has 2 atom stereocenters. The summed E-state index contributed by atoms with van der Waals surface area (Å²) in [6.07, 6.45) is 2.67. The first kappa shape index (κ1) is 24.0. The second-order valence-electron chi connectivity index (χ2n) is 10.5. The van der Waals surface area contributed by atoms with Gasteiger partial charge in [-0.1, -0.05) is 32.9 Å². The quantitative estimate of drug-likeness (QED) is 0.634. The Morgan fingerprint density at radius 1 is 1.35 bits per heavy atom. The number of benzene rings is 1. The molecule has 2 heterocycles. The molecule has 0 saturated carbocycles. The molecule has 2 aliphatic rings. The number of likely N-dealkylation sites (N-methyl/N-ethyl adjacent to an activating group) is 1. The van der Waals surface area contributed by atoms with E-state index in [4.69, 9.17) is 15.2 Å². The van der Waals surface area contributed by atoms with Crippen molar-refractivity contribution in [3.63, 3.8) is 0 Å². The number of carbonyl (C=O) groups excluding carboxylic acids is 1. The van der Waals surface area contributed by atoms with E-state index in [-0.39, 0.29) is 23.7 Å². The van der Waals surface area contributed by atoms with E-state index in [0.717, 1.165) is 44.5 Å². The van der Waals surface area contributed by atoms with Crippen LogP contribution in [0, 0.1) is 0 Å². The summed E-state index contributed by atoms with van der Waals surface area (Å²) >= 11 is 0. The molecule has 0 aromatic heterocycles. The van der Waals surface area contributed by atoms with Crippen molar-refractivity contribution in [2.45, 2.75) is 76.2 Å². The Morgan fingerprint density at radius 2 is 2.03 bits per heavy atom. The largest absolute Gasteiger partial charge is 0.483 e. The van der Waals surface area contributed by atoms with Crippen molar-refractivity contribution in [1.29, 1.82) is 0 Å². The Bertz CT molecular complexity index is 780. The van der Waals surface area contributed by atoms with E-state index >= 15 is 0 Å². The van der Waals surface area contributed by atoms with Crippen LogP contribution < -0.4 is 15.8 Å². The maximum atomic E-state index is 11.2. The second kappa shape index (κ2) is 9.06. The SMILES string of the molecule is CN[C@H]1CC2(CCN(Cc3cc(C(C)(C)C)ccc3OCC(N)=O)CC2)OC[C@]1(C)O. The molecule has 2 saturated heterocycles. The molecular weight excluding hydrogens is 394 g/mol. The molecule has 4 N–H and O–H groups in total. The molecule has 7 nitrogen and oxygen atoms in total. The molecule has 174 valence electrons. The van der Waals surface area contributed by atoms with Crippen LogP contribution in [0.1, 0.15) is 58.1 Å². The Hall–Kier alpha value is -1.67. The van der Waals surface area contributed by atoms with Crippen molar-refractivity contribution < 1.29 is 19.4 Å². The number of carbonyl (C=O) groups is 1. The summed E-state index contributed by atoms with van der Waals surface area (Å²) in [5, 5.41) is 13.8. The summed E-state index contributed by atoms with van der Waals surface area (Å²) in [4.78, 5) is 13.6. The summed E-state index contributed by atoms with van der Waals surface area (Å²) in [6.45, 7) is 11.2. The van der Waals surface area contributed by atoms with Crippen LogP contribution in [0.4, 0.5) is 0 Å². The number of primary amides is 1. The molecule has 1 aromatic rings. The van der Waals surface area contributed by atoms with Crippen LogP contribution in [0.5, 0.6) is 5.75 Å². The normalized spacial score (nSPS) is 26.7. The maximum absolute atomic E-state index is 11.2. The van der Waals surface area contributed by atoms with Crippen LogP contribution >= 0.6 is 0 Å². The van der Waals surface area contributed by atoms with Gasteiger partial charge in [-0.3, -0.25) is 9.69 Å². The van der Waals surface area contributed by atoms with Gasteiger partial charge in [-0.2, -0.15) is 0 Å². The minimum absolute atomic E-state index is 0.0258. The van der Waals surface area contributed by atoms with E-state index in [1.54, 1.807) is 0 Å². The van der Waals surface area contributed by atoms with Crippen molar-refractivity contribution in [1.82, 2.24) is 10.2 Å². The fourth-order valence-electron chi connectivity index (χ4n) is 4.63. The molecule has 0 unspecified atom stereocenters. The van der Waals surface area contributed by atoms with Crippen LogP contribution in [0.3, 0.4) is 0 Å². The smallest absolute Gasteiger partial charge is 0.255 e. The monoisotopic (exact) mass is 433 g/mol. The number of nitrogens with two attached hydrogens (primary N) is 1. The first-order chi connectivity index (χ1) is 14.4. The fraction of sp³-hybridized carbons (Fsp3) is 0.708. The number of ether oxygens (including phenoxy) is 2. The summed E-state index contributed by atoms with van der Waals surface area (Å²) in [6, 6.07) is 6.23. The summed E-state index contributed by atoms with van der Waals surface area (Å²) in [7, 11) is 1.91. The molecule has 2 aliphatic heterocycles. The Kier molecular flexibility index (Phi) is 7.01. The molecule has 0 bridgehead atoms. The van der Waals surface area contributed by atoms with E-state index in [2.05, 4.69) is 43.1 Å². The maximum Gasteiger partial charge on any atom is 0.255 e. The average molecular weight is 434 g/mol. The zero-order valence-corrected chi connectivity index (χ0v) is 19.7. The summed E-state index contributed by atoms with van der Waals surface area (Å²) < 4.78 is 11.9. The molecule has 2 fully saturated rings. The molecule has 1 amide bonds. The van der Waals surface area contributed by atoms with Crippen LogP contribution in [-0.4, -0.2) is 66.5 Å². The first-order valence-corrected chi connectivity index (χ1v) is 11.2. The third kappa shape index (κ3) is 5.77. The number of hydrogen-bond acceptors (Lipinski definition) is 6. The number of nitrogens with zero attached hydrogens (tertiary/aromatic N) is 1. The Labute approximate surface area is 186 Å². The third-order valence-electron chi connectivity index (χ3n) is 6.80. The number of aliphatic hydroxyl groups is 1. The molecule has 3 rings (SSSR count). The lowest BCUT2D eigenvalue weighted by molar-refractivity contribution is -0.192. The number of hydrogen-bond donors (Lipinski definition) is 3. The third-order valence-corrected chi connectivity index (χ3v) is 6.80. The highest BCUT2D eigenvalue weighted by Gasteiger charge is 2.47. The number of rotatable bonds is 6. The van der Waals surface area contributed by atoms with Gasteiger partial charge >= 0.3 is 0 Å². The van der Waals surface area contributed by atoms with Crippen LogP contribution in [-0.2, 0) is 21.5 Å². The average Bonchev–Trinajstić information content (AvgIpc) is 2.70. The van der Waals surface area contributed by atoms with E-state index in [9.17, 15) is 9.90 Å². The summed E-state index contributed by atoms with van der Waals surface area (Å²) in [5.41, 5.74) is 6.61. The number of piperidine rings is 1. The molecule has 7 heteroatoms. The van der Waals surface area contributed by atoms with Gasteiger partial charge in [-0.25, -0.2) is 0 Å². The van der Waals surface area contributed by atoms with Gasteiger partial charge in [-0.15, -0.1) is 0 Å². The zero-order valence-electron chi connectivity index (χ0n) is 19.7. The van der Waals surface area contributed by atoms with Crippen molar-refractivity contribution in [3.05, 3.63) is 29.3 Å². The molecule has 31 heavy (non-hydrogen) atoms. The van der Waals surface area contributed by atoms with Crippen molar-refractivity contribution in [2.24, 2.45) is 5.73 Å². The van der Waals surface area contributed by atoms with Gasteiger partial charge in [0.2, 0.25) is 0 Å². The van der Waals surface area contributed by atoms with E-state index in [0.29, 0.717) is 12.4 Å². The van der Waals surface area contributed by atoms with Crippen molar-refractivity contribution in [2.75, 3.05) is 33.4 Å². The number of likely N-dealkylation sites (tertiary alicyclic amines) is 1. The van der Waals surface area contributed by atoms with E-state index in [1.165, 1.54) is 5.56 Å². The Balaban J connectivity index is 1.69. The lowest BCUT2D eigenvalue weighted by Crippen LogP contribution is -2.62. The first-order valence-electron chi connectivity index (χ1n) is 11.2. The fourth-order valence-corrected chi connectivity index (χ4v) is 4.63. The molecule has 0 aliphatic carbocycles. The van der Waals surface area contributed by atoms with Gasteiger partial charge in [0.15, 0.2) is 6.61 Å². The minimum atomic E-state index is -0.836.